The molecule has 0 saturated carbocycles. The highest BCUT2D eigenvalue weighted by atomic mass is 32.2. The molecule has 0 aliphatic carbocycles. The molecule has 0 atom stereocenters. The van der Waals surface area contributed by atoms with Crippen LogP contribution >= 0.6 is 0 Å². The Kier molecular flexibility index (Phi) is 7.28. The second-order valence-electron chi connectivity index (χ2n) is 9.27. The van der Waals surface area contributed by atoms with Gasteiger partial charge in [-0.1, -0.05) is 17.3 Å². The van der Waals surface area contributed by atoms with Gasteiger partial charge in [-0.05, 0) is 60.9 Å². The van der Waals surface area contributed by atoms with Crippen molar-refractivity contribution in [3.8, 4) is 28.6 Å². The fourth-order valence-electron chi connectivity index (χ4n) is 4.59. The Morgan fingerprint density at radius 2 is 1.79 bits per heavy atom. The molecule has 1 aliphatic heterocycles. The number of alkyl halides is 1. The SMILES string of the molecule is CS(=O)(=O)C1CCN(c2cccc(Cn3cc(-c4nc(-c5ccc(OCF)cc5)no4)ccc3=O)c2)CC1. The maximum absolute atomic E-state index is 12.6. The Hall–Kier alpha value is -3.99. The number of halogens is 1. The van der Waals surface area contributed by atoms with Crippen molar-refractivity contribution in [3.05, 3.63) is 82.8 Å². The quantitative estimate of drug-likeness (QED) is 0.332. The Balaban J connectivity index is 1.31. The molecule has 1 aliphatic rings. The van der Waals surface area contributed by atoms with E-state index in [0.29, 0.717) is 55.2 Å². The number of benzene rings is 2. The highest BCUT2D eigenvalue weighted by Crippen LogP contribution is 2.26. The van der Waals surface area contributed by atoms with Crippen LogP contribution in [0.4, 0.5) is 10.1 Å². The average molecular weight is 539 g/mol. The number of anilines is 1. The maximum Gasteiger partial charge on any atom is 0.259 e. The Morgan fingerprint density at radius 3 is 2.50 bits per heavy atom. The van der Waals surface area contributed by atoms with Crippen molar-refractivity contribution >= 4 is 15.5 Å². The van der Waals surface area contributed by atoms with Crippen LogP contribution in [0.25, 0.3) is 22.8 Å². The first-order valence-electron chi connectivity index (χ1n) is 12.2. The zero-order chi connectivity index (χ0) is 26.7. The lowest BCUT2D eigenvalue weighted by molar-refractivity contribution is 0.192. The molecular weight excluding hydrogens is 511 g/mol. The number of aromatic nitrogens is 3. The smallest absolute Gasteiger partial charge is 0.259 e. The Bertz CT molecular complexity index is 1580. The summed E-state index contributed by atoms with van der Waals surface area (Å²) in [6.07, 6.45) is 4.19. The van der Waals surface area contributed by atoms with Gasteiger partial charge < -0.3 is 18.7 Å². The highest BCUT2D eigenvalue weighted by Gasteiger charge is 2.26. The van der Waals surface area contributed by atoms with Crippen LogP contribution in [0, 0.1) is 0 Å². The van der Waals surface area contributed by atoms with Gasteiger partial charge >= 0.3 is 0 Å². The van der Waals surface area contributed by atoms with Crippen molar-refractivity contribution in [3.63, 3.8) is 0 Å². The van der Waals surface area contributed by atoms with Crippen molar-refractivity contribution in [1.29, 1.82) is 0 Å². The second kappa shape index (κ2) is 10.8. The van der Waals surface area contributed by atoms with Crippen molar-refractivity contribution in [2.75, 3.05) is 31.1 Å². The predicted octanol–water partition coefficient (Wildman–Crippen LogP) is 3.93. The fraction of sp³-hybridized carbons (Fsp3) is 0.296. The molecule has 2 aromatic carbocycles. The highest BCUT2D eigenvalue weighted by molar-refractivity contribution is 7.91. The number of sulfone groups is 1. The third kappa shape index (κ3) is 5.77. The van der Waals surface area contributed by atoms with Crippen LogP contribution in [0.15, 0.2) is 76.2 Å². The van der Waals surface area contributed by atoms with E-state index in [0.717, 1.165) is 11.3 Å². The molecule has 3 heterocycles. The number of piperidine rings is 1. The fourth-order valence-corrected chi connectivity index (χ4v) is 5.66. The first kappa shape index (κ1) is 25.7. The van der Waals surface area contributed by atoms with Crippen LogP contribution in [0.2, 0.25) is 0 Å². The summed E-state index contributed by atoms with van der Waals surface area (Å²) in [5, 5.41) is 3.74. The van der Waals surface area contributed by atoms with Crippen molar-refractivity contribution in [1.82, 2.24) is 14.7 Å². The third-order valence-corrected chi connectivity index (χ3v) is 8.35. The summed E-state index contributed by atoms with van der Waals surface area (Å²) < 4.78 is 47.9. The summed E-state index contributed by atoms with van der Waals surface area (Å²) in [6, 6.07) is 17.7. The molecular formula is C27H27FN4O5S. The molecule has 0 radical (unpaired) electrons. The molecule has 0 unspecified atom stereocenters. The van der Waals surface area contributed by atoms with Gasteiger partial charge in [0, 0.05) is 42.9 Å². The third-order valence-electron chi connectivity index (χ3n) is 6.67. The summed E-state index contributed by atoms with van der Waals surface area (Å²) in [5.41, 5.74) is 3.05. The topological polar surface area (TPSA) is 108 Å². The Morgan fingerprint density at radius 1 is 1.05 bits per heavy atom. The minimum Gasteiger partial charge on any atom is -0.463 e. The number of hydrogen-bond donors (Lipinski definition) is 0. The second-order valence-corrected chi connectivity index (χ2v) is 11.6. The lowest BCUT2D eigenvalue weighted by Gasteiger charge is -2.33. The lowest BCUT2D eigenvalue weighted by Crippen LogP contribution is -2.39. The zero-order valence-electron chi connectivity index (χ0n) is 20.8. The molecule has 1 saturated heterocycles. The van der Waals surface area contributed by atoms with E-state index in [1.807, 2.05) is 24.3 Å². The number of ether oxygens (including phenoxy) is 1. The van der Waals surface area contributed by atoms with Crippen LogP contribution in [-0.2, 0) is 16.4 Å². The van der Waals surface area contributed by atoms with E-state index >= 15 is 0 Å². The molecule has 5 rings (SSSR count). The molecule has 0 amide bonds. The molecule has 0 spiro atoms. The van der Waals surface area contributed by atoms with Crippen LogP contribution in [0.1, 0.15) is 18.4 Å². The molecule has 38 heavy (non-hydrogen) atoms. The average Bonchev–Trinajstić information content (AvgIpc) is 3.41. The van der Waals surface area contributed by atoms with E-state index in [2.05, 4.69) is 15.0 Å². The minimum absolute atomic E-state index is 0.170. The van der Waals surface area contributed by atoms with Gasteiger partial charge in [-0.25, -0.2) is 12.8 Å². The molecule has 4 aromatic rings. The summed E-state index contributed by atoms with van der Waals surface area (Å²) in [4.78, 5) is 19.3. The van der Waals surface area contributed by atoms with Crippen LogP contribution < -0.4 is 15.2 Å². The van der Waals surface area contributed by atoms with Gasteiger partial charge in [0.2, 0.25) is 12.7 Å². The molecule has 0 N–H and O–H groups in total. The lowest BCUT2D eigenvalue weighted by atomic mass is 10.1. The summed E-state index contributed by atoms with van der Waals surface area (Å²) in [5.74, 6) is 1.02. The van der Waals surface area contributed by atoms with E-state index in [1.54, 1.807) is 41.1 Å². The summed E-state index contributed by atoms with van der Waals surface area (Å²) in [7, 11) is -3.03. The van der Waals surface area contributed by atoms with Gasteiger partial charge in [-0.2, -0.15) is 4.98 Å². The molecule has 2 aromatic heterocycles. The molecule has 198 valence electrons. The standard InChI is InChI=1S/C27H27FN4O5S/c1-38(34,35)24-11-13-31(14-12-24)22-4-2-3-19(15-22)16-32-17-21(7-10-25(32)33)27-29-26(30-37-27)20-5-8-23(9-6-20)36-18-28/h2-10,15,17,24H,11-14,16,18H2,1H3. The Labute approximate surface area is 219 Å². The summed E-state index contributed by atoms with van der Waals surface area (Å²) >= 11 is 0. The van der Waals surface area contributed by atoms with Crippen molar-refractivity contribution in [2.24, 2.45) is 0 Å². The van der Waals surface area contributed by atoms with Crippen LogP contribution in [0.5, 0.6) is 5.75 Å². The van der Waals surface area contributed by atoms with Crippen LogP contribution in [0.3, 0.4) is 0 Å². The first-order chi connectivity index (χ1) is 18.3. The largest absolute Gasteiger partial charge is 0.463 e. The van der Waals surface area contributed by atoms with Gasteiger partial charge in [-0.15, -0.1) is 0 Å². The number of rotatable bonds is 8. The number of nitrogens with zero attached hydrogens (tertiary/aromatic N) is 4. The zero-order valence-corrected chi connectivity index (χ0v) is 21.6. The van der Waals surface area contributed by atoms with Crippen molar-refractivity contribution in [2.45, 2.75) is 24.6 Å². The van der Waals surface area contributed by atoms with Crippen LogP contribution in [-0.4, -0.2) is 54.6 Å². The van der Waals surface area contributed by atoms with Crippen molar-refractivity contribution < 1.29 is 22.1 Å². The van der Waals surface area contributed by atoms with Gasteiger partial charge in [-0.3, -0.25) is 4.79 Å². The number of hydrogen-bond acceptors (Lipinski definition) is 8. The summed E-state index contributed by atoms with van der Waals surface area (Å²) in [6.45, 7) is 0.774. The maximum atomic E-state index is 12.6. The van der Waals surface area contributed by atoms with Gasteiger partial charge in [0.1, 0.15) is 15.6 Å². The molecule has 11 heteroatoms. The molecule has 9 nitrogen and oxygen atoms in total. The van der Waals surface area contributed by atoms with Gasteiger partial charge in [0.15, 0.2) is 0 Å². The molecule has 1 fully saturated rings. The minimum atomic E-state index is -3.03. The normalized spacial score (nSPS) is 14.5. The van der Waals surface area contributed by atoms with E-state index in [-0.39, 0.29) is 16.7 Å². The number of pyridine rings is 1. The van der Waals surface area contributed by atoms with Gasteiger partial charge in [0.25, 0.3) is 11.4 Å². The monoisotopic (exact) mass is 538 g/mol. The van der Waals surface area contributed by atoms with E-state index in [9.17, 15) is 17.6 Å². The van der Waals surface area contributed by atoms with E-state index < -0.39 is 16.7 Å². The van der Waals surface area contributed by atoms with E-state index in [4.69, 9.17) is 9.26 Å². The molecule has 0 bridgehead atoms. The first-order valence-corrected chi connectivity index (χ1v) is 14.1. The van der Waals surface area contributed by atoms with Gasteiger partial charge in [0.05, 0.1) is 17.4 Å². The predicted molar refractivity (Wildman–Crippen MR) is 142 cm³/mol. The van der Waals surface area contributed by atoms with E-state index in [1.165, 1.54) is 12.3 Å².